The lowest BCUT2D eigenvalue weighted by atomic mass is 9.96. The predicted octanol–water partition coefficient (Wildman–Crippen LogP) is 2.32. The van der Waals surface area contributed by atoms with Gasteiger partial charge in [0.25, 0.3) is 0 Å². The molecule has 0 unspecified atom stereocenters. The standard InChI is InChI=1S/C15H15FN4O/c1-8(21)20-10-4-2-9(3-5-10)13-11(16)6-7-12(17)14(13)15(18)19/h2-7H,17H2,1H3,(H3,18,19)(H,20,21). The van der Waals surface area contributed by atoms with E-state index in [1.807, 2.05) is 0 Å². The van der Waals surface area contributed by atoms with Crippen LogP contribution in [0, 0.1) is 11.2 Å². The van der Waals surface area contributed by atoms with Gasteiger partial charge in [0.15, 0.2) is 0 Å². The van der Waals surface area contributed by atoms with E-state index in [9.17, 15) is 9.18 Å². The van der Waals surface area contributed by atoms with Crippen LogP contribution in [0.25, 0.3) is 11.1 Å². The van der Waals surface area contributed by atoms with Crippen LogP contribution >= 0.6 is 0 Å². The molecule has 0 aliphatic rings. The molecule has 2 aromatic carbocycles. The van der Waals surface area contributed by atoms with Gasteiger partial charge in [0, 0.05) is 29.4 Å². The lowest BCUT2D eigenvalue weighted by molar-refractivity contribution is -0.114. The van der Waals surface area contributed by atoms with Gasteiger partial charge in [-0.2, -0.15) is 0 Å². The molecule has 5 nitrogen and oxygen atoms in total. The largest absolute Gasteiger partial charge is 0.398 e. The van der Waals surface area contributed by atoms with Crippen molar-refractivity contribution in [3.63, 3.8) is 0 Å². The molecular formula is C15H15FN4O. The average Bonchev–Trinajstić information content (AvgIpc) is 2.41. The van der Waals surface area contributed by atoms with Crippen molar-refractivity contribution in [3.05, 3.63) is 47.8 Å². The minimum absolute atomic E-state index is 0.169. The summed E-state index contributed by atoms with van der Waals surface area (Å²) >= 11 is 0. The molecule has 0 bridgehead atoms. The molecule has 0 aliphatic carbocycles. The van der Waals surface area contributed by atoms with E-state index >= 15 is 0 Å². The van der Waals surface area contributed by atoms with Gasteiger partial charge in [0.1, 0.15) is 11.7 Å². The van der Waals surface area contributed by atoms with Gasteiger partial charge >= 0.3 is 0 Å². The Morgan fingerprint density at radius 2 is 1.81 bits per heavy atom. The van der Waals surface area contributed by atoms with Crippen LogP contribution in [-0.4, -0.2) is 11.7 Å². The maximum atomic E-state index is 14.1. The molecule has 2 aromatic rings. The smallest absolute Gasteiger partial charge is 0.221 e. The molecule has 0 heterocycles. The van der Waals surface area contributed by atoms with Crippen LogP contribution in [0.1, 0.15) is 12.5 Å². The third-order valence-corrected chi connectivity index (χ3v) is 2.95. The monoisotopic (exact) mass is 286 g/mol. The average molecular weight is 286 g/mol. The number of rotatable bonds is 3. The zero-order chi connectivity index (χ0) is 15.6. The van der Waals surface area contributed by atoms with Crippen LogP contribution < -0.4 is 16.8 Å². The van der Waals surface area contributed by atoms with Crippen LogP contribution in [0.4, 0.5) is 15.8 Å². The summed E-state index contributed by atoms with van der Waals surface area (Å²) < 4.78 is 14.1. The zero-order valence-electron chi connectivity index (χ0n) is 11.4. The molecule has 0 saturated heterocycles. The zero-order valence-corrected chi connectivity index (χ0v) is 11.4. The number of carbonyl (C=O) groups excluding carboxylic acids is 1. The Kier molecular flexibility index (Phi) is 3.89. The first-order chi connectivity index (χ1) is 9.90. The lowest BCUT2D eigenvalue weighted by Crippen LogP contribution is -2.16. The molecule has 21 heavy (non-hydrogen) atoms. The first kappa shape index (κ1) is 14.5. The third-order valence-electron chi connectivity index (χ3n) is 2.95. The Morgan fingerprint density at radius 3 is 2.33 bits per heavy atom. The van der Waals surface area contributed by atoms with E-state index in [0.29, 0.717) is 11.3 Å². The topological polar surface area (TPSA) is 105 Å². The van der Waals surface area contributed by atoms with E-state index in [1.54, 1.807) is 24.3 Å². The fourth-order valence-electron chi connectivity index (χ4n) is 2.09. The number of hydrogen-bond acceptors (Lipinski definition) is 3. The normalized spacial score (nSPS) is 10.2. The quantitative estimate of drug-likeness (QED) is 0.395. The van der Waals surface area contributed by atoms with Gasteiger partial charge in [-0.3, -0.25) is 10.2 Å². The maximum absolute atomic E-state index is 14.1. The Hall–Kier alpha value is -2.89. The summed E-state index contributed by atoms with van der Waals surface area (Å²) in [5.41, 5.74) is 13.0. The highest BCUT2D eigenvalue weighted by atomic mass is 19.1. The second-order valence-corrected chi connectivity index (χ2v) is 4.56. The van der Waals surface area contributed by atoms with Gasteiger partial charge in [-0.15, -0.1) is 0 Å². The van der Waals surface area contributed by atoms with Crippen molar-refractivity contribution in [2.45, 2.75) is 6.92 Å². The number of carbonyl (C=O) groups is 1. The van der Waals surface area contributed by atoms with Crippen molar-refractivity contribution in [3.8, 4) is 11.1 Å². The molecule has 2 rings (SSSR count). The second kappa shape index (κ2) is 5.62. The minimum atomic E-state index is -0.512. The van der Waals surface area contributed by atoms with E-state index in [0.717, 1.165) is 0 Å². The number of nitrogen functional groups attached to an aromatic ring is 2. The van der Waals surface area contributed by atoms with Crippen LogP contribution in [0.3, 0.4) is 0 Å². The molecule has 0 atom stereocenters. The van der Waals surface area contributed by atoms with Crippen molar-refractivity contribution in [1.82, 2.24) is 0 Å². The highest BCUT2D eigenvalue weighted by molar-refractivity contribution is 6.06. The number of nitrogens with one attached hydrogen (secondary N) is 2. The number of benzene rings is 2. The van der Waals surface area contributed by atoms with Gasteiger partial charge in [-0.05, 0) is 29.8 Å². The minimum Gasteiger partial charge on any atom is -0.398 e. The van der Waals surface area contributed by atoms with Crippen LogP contribution in [-0.2, 0) is 4.79 Å². The van der Waals surface area contributed by atoms with E-state index in [-0.39, 0.29) is 28.6 Å². The van der Waals surface area contributed by atoms with E-state index in [4.69, 9.17) is 16.9 Å². The molecule has 0 spiro atoms. The number of halogens is 1. The van der Waals surface area contributed by atoms with Gasteiger partial charge in [-0.1, -0.05) is 12.1 Å². The fraction of sp³-hybridized carbons (Fsp3) is 0.0667. The SMILES string of the molecule is CC(=O)Nc1ccc(-c2c(F)ccc(N)c2C(=N)N)cc1. The first-order valence-electron chi connectivity index (χ1n) is 6.20. The number of amidine groups is 1. The van der Waals surface area contributed by atoms with E-state index in [1.165, 1.54) is 19.1 Å². The first-order valence-corrected chi connectivity index (χ1v) is 6.20. The number of amides is 1. The highest BCUT2D eigenvalue weighted by Crippen LogP contribution is 2.31. The molecule has 0 aliphatic heterocycles. The van der Waals surface area contributed by atoms with Crippen molar-refractivity contribution in [2.24, 2.45) is 5.73 Å². The summed E-state index contributed by atoms with van der Waals surface area (Å²) in [5.74, 6) is -1.00. The fourth-order valence-corrected chi connectivity index (χ4v) is 2.09. The molecule has 0 radical (unpaired) electrons. The number of hydrogen-bond donors (Lipinski definition) is 4. The highest BCUT2D eigenvalue weighted by Gasteiger charge is 2.16. The summed E-state index contributed by atoms with van der Waals surface area (Å²) in [6.45, 7) is 1.40. The Bertz CT molecular complexity index is 710. The maximum Gasteiger partial charge on any atom is 0.221 e. The number of nitrogens with two attached hydrogens (primary N) is 2. The van der Waals surface area contributed by atoms with Crippen LogP contribution in [0.15, 0.2) is 36.4 Å². The summed E-state index contributed by atoms with van der Waals surface area (Å²) in [5, 5.41) is 10.2. The van der Waals surface area contributed by atoms with Crippen LogP contribution in [0.2, 0.25) is 0 Å². The Morgan fingerprint density at radius 1 is 1.19 bits per heavy atom. The third kappa shape index (κ3) is 3.00. The molecular weight excluding hydrogens is 271 g/mol. The van der Waals surface area contributed by atoms with Crippen molar-refractivity contribution < 1.29 is 9.18 Å². The lowest BCUT2D eigenvalue weighted by Gasteiger charge is -2.13. The van der Waals surface area contributed by atoms with Gasteiger partial charge in [-0.25, -0.2) is 4.39 Å². The Labute approximate surface area is 121 Å². The van der Waals surface area contributed by atoms with Crippen LogP contribution in [0.5, 0.6) is 0 Å². The van der Waals surface area contributed by atoms with Crippen molar-refractivity contribution >= 4 is 23.1 Å². The molecule has 0 fully saturated rings. The number of anilines is 2. The Balaban J connectivity index is 2.54. The van der Waals surface area contributed by atoms with Gasteiger partial charge < -0.3 is 16.8 Å². The molecule has 6 N–H and O–H groups in total. The van der Waals surface area contributed by atoms with Crippen molar-refractivity contribution in [1.29, 1.82) is 5.41 Å². The van der Waals surface area contributed by atoms with E-state index in [2.05, 4.69) is 5.32 Å². The molecule has 1 amide bonds. The van der Waals surface area contributed by atoms with Gasteiger partial charge in [0.05, 0.1) is 0 Å². The molecule has 0 saturated carbocycles. The predicted molar refractivity (Wildman–Crippen MR) is 81.6 cm³/mol. The second-order valence-electron chi connectivity index (χ2n) is 4.56. The van der Waals surface area contributed by atoms with E-state index < -0.39 is 5.82 Å². The summed E-state index contributed by atoms with van der Waals surface area (Å²) in [7, 11) is 0. The summed E-state index contributed by atoms with van der Waals surface area (Å²) in [6.07, 6.45) is 0. The molecule has 6 heteroatoms. The summed E-state index contributed by atoms with van der Waals surface area (Å²) in [6, 6.07) is 9.16. The van der Waals surface area contributed by atoms with Crippen molar-refractivity contribution in [2.75, 3.05) is 11.1 Å². The molecule has 108 valence electrons. The molecule has 0 aromatic heterocycles. The summed E-state index contributed by atoms with van der Waals surface area (Å²) in [4.78, 5) is 11.0. The van der Waals surface area contributed by atoms with Gasteiger partial charge in [0.2, 0.25) is 5.91 Å².